The van der Waals surface area contributed by atoms with Crippen molar-refractivity contribution in [2.45, 2.75) is 6.61 Å². The summed E-state index contributed by atoms with van der Waals surface area (Å²) in [4.78, 5) is 0. The minimum absolute atomic E-state index is 0.449. The molecule has 3 rings (SSSR count). The molecule has 21 heavy (non-hydrogen) atoms. The van der Waals surface area contributed by atoms with Crippen LogP contribution in [0.25, 0.3) is 5.69 Å². The molecule has 0 saturated heterocycles. The first kappa shape index (κ1) is 13.2. The van der Waals surface area contributed by atoms with Gasteiger partial charge in [0.05, 0.1) is 25.2 Å². The average Bonchev–Trinajstić information content (AvgIpc) is 3.03. The Bertz CT molecular complexity index is 708. The summed E-state index contributed by atoms with van der Waals surface area (Å²) in [6.45, 7) is 0.449. The summed E-state index contributed by atoms with van der Waals surface area (Å²) in [5.41, 5.74) is 2.01. The smallest absolute Gasteiger partial charge is 0.158 e. The Hall–Kier alpha value is -2.75. The molecule has 0 atom stereocenters. The van der Waals surface area contributed by atoms with Crippen LogP contribution >= 0.6 is 0 Å². The molecule has 0 aliphatic carbocycles. The van der Waals surface area contributed by atoms with Crippen LogP contribution in [0.3, 0.4) is 0 Å². The molecule has 0 saturated carbocycles. The summed E-state index contributed by atoms with van der Waals surface area (Å²) in [5.74, 6) is 1.55. The zero-order chi connectivity index (χ0) is 14.5. The van der Waals surface area contributed by atoms with Crippen LogP contribution in [0.4, 0.5) is 0 Å². The molecule has 0 bridgehead atoms. The molecule has 0 unspecified atom stereocenters. The third-order valence-corrected chi connectivity index (χ3v) is 3.17. The number of para-hydroxylation sites is 2. The Kier molecular flexibility index (Phi) is 3.87. The molecule has 106 valence electrons. The van der Waals surface area contributed by atoms with E-state index in [1.807, 2.05) is 60.8 Å². The summed E-state index contributed by atoms with van der Waals surface area (Å²) in [6, 6.07) is 17.7. The highest BCUT2D eigenvalue weighted by Crippen LogP contribution is 2.20. The zero-order valence-electron chi connectivity index (χ0n) is 11.8. The number of aromatic nitrogens is 2. The van der Waals surface area contributed by atoms with Crippen molar-refractivity contribution >= 4 is 0 Å². The van der Waals surface area contributed by atoms with E-state index in [0.29, 0.717) is 6.61 Å². The van der Waals surface area contributed by atoms with Gasteiger partial charge in [-0.25, -0.2) is 4.68 Å². The van der Waals surface area contributed by atoms with Crippen molar-refractivity contribution in [1.29, 1.82) is 0 Å². The van der Waals surface area contributed by atoms with Crippen molar-refractivity contribution in [3.8, 4) is 17.2 Å². The molecule has 0 fully saturated rings. The molecule has 0 N–H and O–H groups in total. The molecule has 3 aromatic rings. The highest BCUT2D eigenvalue weighted by atomic mass is 16.5. The molecule has 0 aliphatic heterocycles. The Balaban J connectivity index is 1.71. The fraction of sp³-hybridized carbons (Fsp3) is 0.118. The van der Waals surface area contributed by atoms with Gasteiger partial charge in [-0.3, -0.25) is 0 Å². The van der Waals surface area contributed by atoms with Crippen LogP contribution in [0, 0.1) is 0 Å². The lowest BCUT2D eigenvalue weighted by atomic mass is 10.2. The first-order valence-electron chi connectivity index (χ1n) is 6.71. The molecule has 1 heterocycles. The minimum Gasteiger partial charge on any atom is -0.496 e. The van der Waals surface area contributed by atoms with Crippen LogP contribution < -0.4 is 9.47 Å². The molecule has 4 nitrogen and oxygen atoms in total. The Morgan fingerprint density at radius 2 is 1.76 bits per heavy atom. The lowest BCUT2D eigenvalue weighted by Gasteiger charge is -2.08. The Morgan fingerprint density at radius 3 is 2.57 bits per heavy atom. The molecule has 1 aromatic heterocycles. The van der Waals surface area contributed by atoms with E-state index in [1.165, 1.54) is 0 Å². The molecular formula is C17H16N2O2. The van der Waals surface area contributed by atoms with Gasteiger partial charge in [0, 0.05) is 5.56 Å². The van der Waals surface area contributed by atoms with Crippen molar-refractivity contribution in [2.24, 2.45) is 0 Å². The van der Waals surface area contributed by atoms with Crippen LogP contribution in [0.1, 0.15) is 5.56 Å². The van der Waals surface area contributed by atoms with Crippen molar-refractivity contribution in [1.82, 2.24) is 9.78 Å². The maximum Gasteiger partial charge on any atom is 0.158 e. The highest BCUT2D eigenvalue weighted by molar-refractivity contribution is 5.34. The zero-order valence-corrected chi connectivity index (χ0v) is 11.8. The third kappa shape index (κ3) is 3.05. The van der Waals surface area contributed by atoms with E-state index in [2.05, 4.69) is 5.10 Å². The second-order valence-electron chi connectivity index (χ2n) is 4.56. The maximum atomic E-state index is 5.77. The van der Waals surface area contributed by atoms with E-state index in [1.54, 1.807) is 18.0 Å². The van der Waals surface area contributed by atoms with Gasteiger partial charge in [-0.1, -0.05) is 36.4 Å². The molecule has 4 heteroatoms. The molecule has 0 radical (unpaired) electrons. The maximum absolute atomic E-state index is 5.77. The summed E-state index contributed by atoms with van der Waals surface area (Å²) in [6.07, 6.45) is 3.58. The number of methoxy groups -OCH3 is 1. The average molecular weight is 280 g/mol. The van der Waals surface area contributed by atoms with Crippen molar-refractivity contribution in [3.63, 3.8) is 0 Å². The summed E-state index contributed by atoms with van der Waals surface area (Å²) in [7, 11) is 1.66. The number of hydrogen-bond donors (Lipinski definition) is 0. The summed E-state index contributed by atoms with van der Waals surface area (Å²) >= 11 is 0. The summed E-state index contributed by atoms with van der Waals surface area (Å²) in [5, 5.41) is 4.30. The Morgan fingerprint density at radius 1 is 1.00 bits per heavy atom. The second-order valence-corrected chi connectivity index (χ2v) is 4.56. The van der Waals surface area contributed by atoms with Gasteiger partial charge in [0.25, 0.3) is 0 Å². The Labute approximate surface area is 123 Å². The lowest BCUT2D eigenvalue weighted by molar-refractivity contribution is 0.296. The molecular weight excluding hydrogens is 264 g/mol. The fourth-order valence-corrected chi connectivity index (χ4v) is 2.09. The van der Waals surface area contributed by atoms with Crippen molar-refractivity contribution < 1.29 is 9.47 Å². The molecule has 0 aliphatic rings. The quantitative estimate of drug-likeness (QED) is 0.718. The van der Waals surface area contributed by atoms with Crippen LogP contribution in [-0.2, 0) is 6.61 Å². The predicted octanol–water partition coefficient (Wildman–Crippen LogP) is 3.46. The third-order valence-electron chi connectivity index (χ3n) is 3.17. The van der Waals surface area contributed by atoms with Crippen LogP contribution in [0.5, 0.6) is 11.5 Å². The van der Waals surface area contributed by atoms with Crippen molar-refractivity contribution in [3.05, 3.63) is 72.6 Å². The number of nitrogens with zero attached hydrogens (tertiary/aromatic N) is 2. The first-order chi connectivity index (χ1) is 10.4. The number of benzene rings is 2. The van der Waals surface area contributed by atoms with Gasteiger partial charge in [-0.2, -0.15) is 5.10 Å². The topological polar surface area (TPSA) is 36.3 Å². The van der Waals surface area contributed by atoms with Gasteiger partial charge in [0.15, 0.2) is 5.75 Å². The number of rotatable bonds is 5. The standard InChI is InChI=1S/C17H16N2O2/c1-20-17-10-6-5-7-14(17)13-21-16-11-18-19(12-16)15-8-3-2-4-9-15/h2-12H,13H2,1H3. The predicted molar refractivity (Wildman–Crippen MR) is 80.9 cm³/mol. The normalized spacial score (nSPS) is 10.3. The van der Waals surface area contributed by atoms with Gasteiger partial charge in [-0.05, 0) is 18.2 Å². The first-order valence-corrected chi connectivity index (χ1v) is 6.71. The van der Waals surface area contributed by atoms with Crippen LogP contribution in [-0.4, -0.2) is 16.9 Å². The fourth-order valence-electron chi connectivity index (χ4n) is 2.09. The van der Waals surface area contributed by atoms with Gasteiger partial charge in [0.2, 0.25) is 0 Å². The largest absolute Gasteiger partial charge is 0.496 e. The molecule has 0 spiro atoms. The number of hydrogen-bond acceptors (Lipinski definition) is 3. The van der Waals surface area contributed by atoms with Crippen LogP contribution in [0.2, 0.25) is 0 Å². The highest BCUT2D eigenvalue weighted by Gasteiger charge is 2.05. The van der Waals surface area contributed by atoms with E-state index in [9.17, 15) is 0 Å². The lowest BCUT2D eigenvalue weighted by Crippen LogP contribution is -1.98. The second kappa shape index (κ2) is 6.13. The van der Waals surface area contributed by atoms with E-state index in [0.717, 1.165) is 22.7 Å². The van der Waals surface area contributed by atoms with Gasteiger partial charge in [0.1, 0.15) is 12.4 Å². The molecule has 2 aromatic carbocycles. The van der Waals surface area contributed by atoms with E-state index in [-0.39, 0.29) is 0 Å². The van der Waals surface area contributed by atoms with E-state index < -0.39 is 0 Å². The van der Waals surface area contributed by atoms with E-state index >= 15 is 0 Å². The van der Waals surface area contributed by atoms with Gasteiger partial charge >= 0.3 is 0 Å². The van der Waals surface area contributed by atoms with Gasteiger partial charge in [-0.15, -0.1) is 0 Å². The number of ether oxygens (including phenoxy) is 2. The summed E-state index contributed by atoms with van der Waals surface area (Å²) < 4.78 is 12.9. The SMILES string of the molecule is COc1ccccc1COc1cnn(-c2ccccc2)c1. The van der Waals surface area contributed by atoms with Crippen LogP contribution in [0.15, 0.2) is 67.0 Å². The molecule has 0 amide bonds. The minimum atomic E-state index is 0.449. The van der Waals surface area contributed by atoms with Crippen molar-refractivity contribution in [2.75, 3.05) is 7.11 Å². The van der Waals surface area contributed by atoms with E-state index in [4.69, 9.17) is 9.47 Å². The van der Waals surface area contributed by atoms with Gasteiger partial charge < -0.3 is 9.47 Å². The monoisotopic (exact) mass is 280 g/mol.